The lowest BCUT2D eigenvalue weighted by Gasteiger charge is -2.41. The third-order valence-electron chi connectivity index (χ3n) is 25.6. The molecule has 846 valence electrons. The van der Waals surface area contributed by atoms with Crippen LogP contribution >= 0.6 is 0 Å². The Morgan fingerprint density at radius 3 is 0.918 bits per heavy atom. The molecule has 0 aromatic heterocycles. The first-order chi connectivity index (χ1) is 68.5. The van der Waals surface area contributed by atoms with Crippen molar-refractivity contribution < 1.29 is 178 Å². The van der Waals surface area contributed by atoms with Crippen molar-refractivity contribution in [1.82, 2.24) is 0 Å². The largest absolute Gasteiger partial charge is 0.481 e. The summed E-state index contributed by atoms with van der Waals surface area (Å²) in [6.07, 6.45) is 15.5. The third kappa shape index (κ3) is 60.4. The number of aldehydes is 1. The SMILES string of the molecule is C=C(C)C(=O)OC1CCCCO1.C=CC(=O)OCCOC(=O)C=C.CC.CC.CCC(=O)OCCOC(=O)C(C)C(C)(C)CC(C)(CC(C(=O)OCCOC(=O)C(CC(C)(CC)C(=O)O)C(C)C)C(C)C)C(=O)O.CCC(=O)OCCOC(=O)C(C)C(C)(C)CC(C)(CC(C(=O)OCCOC(=O)C(CC(C)(CC)C(=O)OC1CCCCO1)C(C)C)C(C)C)C(=O)OC1CCCCO1.O=CCCCCO.OC1CCCCO1. The maximum absolute atomic E-state index is 14.1. The summed E-state index contributed by atoms with van der Waals surface area (Å²) in [5.74, 6) is -13.6. The van der Waals surface area contributed by atoms with Crippen LogP contribution in [0, 0.1) is 91.7 Å². The smallest absolute Gasteiger partial charge is 0.335 e. The summed E-state index contributed by atoms with van der Waals surface area (Å²) >= 11 is 0. The Bertz CT molecular complexity index is 3780. The van der Waals surface area contributed by atoms with E-state index in [0.717, 1.165) is 102 Å². The van der Waals surface area contributed by atoms with Crippen LogP contribution in [-0.2, 0) is 157 Å². The molecule has 4 aliphatic rings. The maximum atomic E-state index is 14.1. The number of aliphatic hydroxyl groups excluding tert-OH is 2. The minimum absolute atomic E-state index is 0.0322. The van der Waals surface area contributed by atoms with Crippen LogP contribution in [-0.4, -0.2) is 241 Å². The highest BCUT2D eigenvalue weighted by molar-refractivity contribution is 5.87. The minimum atomic E-state index is -1.41. The predicted octanol–water partition coefficient (Wildman–Crippen LogP) is 18.0. The number of carbonyl (C=O) groups excluding carboxylic acids is 14. The highest BCUT2D eigenvalue weighted by atomic mass is 16.7. The summed E-state index contributed by atoms with van der Waals surface area (Å²) in [5, 5.41) is 36.8. The van der Waals surface area contributed by atoms with Crippen LogP contribution in [0.4, 0.5) is 0 Å². The molecule has 14 unspecified atom stereocenters. The Morgan fingerprint density at radius 1 is 0.377 bits per heavy atom. The van der Waals surface area contributed by atoms with Crippen LogP contribution in [0.5, 0.6) is 0 Å². The molecule has 4 aliphatic heterocycles. The monoisotopic (exact) mass is 2090 g/mol. The molecule has 0 bridgehead atoms. The van der Waals surface area contributed by atoms with Crippen LogP contribution < -0.4 is 0 Å². The first-order valence-corrected chi connectivity index (χ1v) is 52.3. The molecule has 37 nitrogen and oxygen atoms in total. The third-order valence-corrected chi connectivity index (χ3v) is 25.6. The van der Waals surface area contributed by atoms with Gasteiger partial charge in [-0.2, -0.15) is 0 Å². The Balaban J connectivity index is -0.000000994. The van der Waals surface area contributed by atoms with Gasteiger partial charge in [0.25, 0.3) is 0 Å². The van der Waals surface area contributed by atoms with Gasteiger partial charge in [0.15, 0.2) is 6.29 Å². The molecule has 0 aliphatic carbocycles. The summed E-state index contributed by atoms with van der Waals surface area (Å²) in [6, 6.07) is 0. The van der Waals surface area contributed by atoms with Crippen molar-refractivity contribution in [2.45, 2.75) is 373 Å². The first kappa shape index (κ1) is 143. The van der Waals surface area contributed by atoms with E-state index in [9.17, 15) is 86.9 Å². The lowest BCUT2D eigenvalue weighted by atomic mass is 9.64. The molecule has 0 aromatic carbocycles. The first-order valence-electron chi connectivity index (χ1n) is 52.3. The van der Waals surface area contributed by atoms with Crippen molar-refractivity contribution >= 4 is 95.8 Å². The van der Waals surface area contributed by atoms with Gasteiger partial charge in [-0.15, -0.1) is 0 Å². The quantitative estimate of drug-likeness (QED) is 0.0144. The van der Waals surface area contributed by atoms with Crippen LogP contribution in [0.2, 0.25) is 0 Å². The fraction of sp³-hybridized carbons (Fsp3) is 0.798. The van der Waals surface area contributed by atoms with E-state index in [1.807, 2.05) is 90.0 Å². The minimum Gasteiger partial charge on any atom is -0.481 e. The summed E-state index contributed by atoms with van der Waals surface area (Å²) < 4.78 is 89.7. The average molecular weight is 2090 g/mol. The molecule has 4 rings (SSSR count). The van der Waals surface area contributed by atoms with Gasteiger partial charge in [0.2, 0.25) is 18.9 Å². The number of carboxylic acid groups (broad SMARTS) is 2. The number of ether oxygens (including phenoxy) is 17. The highest BCUT2D eigenvalue weighted by Gasteiger charge is 2.50. The van der Waals surface area contributed by atoms with Crippen LogP contribution in [0.25, 0.3) is 0 Å². The van der Waals surface area contributed by atoms with Gasteiger partial charge in [-0.3, -0.25) is 57.5 Å². The number of aliphatic carboxylic acids is 2. The molecule has 0 aromatic rings. The van der Waals surface area contributed by atoms with Crippen molar-refractivity contribution in [2.75, 3.05) is 99.1 Å². The summed E-state index contributed by atoms with van der Waals surface area (Å²) in [6.45, 7) is 60.0. The molecule has 0 spiro atoms. The fourth-order valence-corrected chi connectivity index (χ4v) is 15.1. The second kappa shape index (κ2) is 78.9. The van der Waals surface area contributed by atoms with Gasteiger partial charge in [-0.25, -0.2) is 14.4 Å². The molecule has 37 heteroatoms. The number of hydrogen-bond acceptors (Lipinski definition) is 35. The molecule has 0 saturated carbocycles. The molecule has 146 heavy (non-hydrogen) atoms. The Morgan fingerprint density at radius 2 is 0.658 bits per heavy atom. The molecule has 4 saturated heterocycles. The predicted molar refractivity (Wildman–Crippen MR) is 545 cm³/mol. The van der Waals surface area contributed by atoms with Gasteiger partial charge in [-0.05, 0) is 191 Å². The van der Waals surface area contributed by atoms with E-state index in [1.54, 1.807) is 90.0 Å². The van der Waals surface area contributed by atoms with E-state index in [-0.39, 0.29) is 160 Å². The van der Waals surface area contributed by atoms with Gasteiger partial charge in [-0.1, -0.05) is 172 Å². The normalized spacial score (nSPS) is 18.2. The number of carbonyl (C=O) groups is 16. The second-order valence-electron chi connectivity index (χ2n) is 40.0. The number of carboxylic acids is 2. The number of hydrogen-bond donors (Lipinski definition) is 4. The molecular weight excluding hydrogens is 1900 g/mol. The molecule has 0 amide bonds. The lowest BCUT2D eigenvalue weighted by Crippen LogP contribution is -2.44. The molecule has 4 heterocycles. The van der Waals surface area contributed by atoms with E-state index < -0.39 is 170 Å². The molecule has 14 atom stereocenters. The van der Waals surface area contributed by atoms with Gasteiger partial charge < -0.3 is 106 Å². The van der Waals surface area contributed by atoms with Crippen LogP contribution in [0.15, 0.2) is 37.5 Å². The van der Waals surface area contributed by atoms with Gasteiger partial charge >= 0.3 is 89.5 Å². The van der Waals surface area contributed by atoms with Crippen molar-refractivity contribution in [3.8, 4) is 0 Å². The summed E-state index contributed by atoms with van der Waals surface area (Å²) in [4.78, 5) is 195. The zero-order chi connectivity index (χ0) is 113. The van der Waals surface area contributed by atoms with E-state index in [4.69, 9.17) is 81.3 Å². The number of aliphatic hydroxyl groups is 2. The summed E-state index contributed by atoms with van der Waals surface area (Å²) in [7, 11) is 0. The molecule has 4 N–H and O–H groups in total. The topological polar surface area (TPSA) is 511 Å². The standard InChI is InChI=1S/C44H74O14.C34H58O12.C9H14O3.C8H10O4.2C5H10O2.2C2H6/c1-12-34(45)51-22-23-54-37(46)31(7)42(8,9)28-44(11,41(50)58-36-19-15-17-21-53-36)27-33(30(5)6)39(48)56-25-24-55-38(47)32(29(3)4)26-43(10,13-2)40(49)57-35-18-14-16-20-52-35;1-12-26(35)43-14-15-44-27(36)23(7)32(8,9)20-34(11,31(41)42)19-25(22(5)6)29(38)46-17-16-45-28(37)24(21(3)4)18-33(10,13-2)30(39)40;1-7(2)9(10)12-8-5-3-4-6-11-8;1-3-7(9)11-5-6-12-8(10)4-2;6-5-3-1-2-4-7-5;6-4-2-1-3-5-7;2*1-2/h29-33,35-36H,12-28H2,1-11H3;21-25H,12-20H2,1-11H3,(H,39,40)(H,41,42);8H,1,3-6H2,2H3;3-4H,1-2,5-6H2;5-6H,1-4H2;4,7H,1-3,5H2;2*1-2H3. The van der Waals surface area contributed by atoms with Gasteiger partial charge in [0, 0.05) is 69.5 Å². The molecule has 0 radical (unpaired) electrons. The molecule has 4 fully saturated rings. The Kier molecular flexibility index (Phi) is 77.2. The summed E-state index contributed by atoms with van der Waals surface area (Å²) in [5.41, 5.74) is -5.90. The number of esters is 13. The lowest BCUT2D eigenvalue weighted by molar-refractivity contribution is -0.201. The van der Waals surface area contributed by atoms with E-state index >= 15 is 0 Å². The van der Waals surface area contributed by atoms with E-state index in [1.165, 1.54) is 6.92 Å². The zero-order valence-corrected chi connectivity index (χ0v) is 93.5. The van der Waals surface area contributed by atoms with Gasteiger partial charge in [0.1, 0.15) is 72.4 Å². The maximum Gasteiger partial charge on any atom is 0.335 e. The van der Waals surface area contributed by atoms with Crippen molar-refractivity contribution in [3.63, 3.8) is 0 Å². The van der Waals surface area contributed by atoms with Crippen molar-refractivity contribution in [2.24, 2.45) is 91.7 Å². The Labute approximate surface area is 870 Å². The van der Waals surface area contributed by atoms with Crippen molar-refractivity contribution in [3.05, 3.63) is 37.5 Å². The Hall–Kier alpha value is -9.30. The van der Waals surface area contributed by atoms with Crippen LogP contribution in [0.1, 0.15) is 347 Å². The van der Waals surface area contributed by atoms with E-state index in [2.05, 4.69) is 29.2 Å². The number of unbranched alkanes of at least 4 members (excludes halogenated alkanes) is 2. The average Bonchev–Trinajstić information content (AvgIpc) is 0.772. The van der Waals surface area contributed by atoms with E-state index in [0.29, 0.717) is 57.5 Å². The van der Waals surface area contributed by atoms with Crippen LogP contribution in [0.3, 0.4) is 0 Å². The second-order valence-corrected chi connectivity index (χ2v) is 40.0. The highest BCUT2D eigenvalue weighted by Crippen LogP contribution is 2.48. The van der Waals surface area contributed by atoms with Crippen molar-refractivity contribution in [1.29, 1.82) is 0 Å². The fourth-order valence-electron chi connectivity index (χ4n) is 15.1. The van der Waals surface area contributed by atoms with Gasteiger partial charge in [0.05, 0.1) is 77.0 Å². The zero-order valence-electron chi connectivity index (χ0n) is 93.5. The number of rotatable bonds is 57. The molecular formula is C109H188O37.